The number of halogens is 1. The zero-order valence-electron chi connectivity index (χ0n) is 15.9. The maximum Gasteiger partial charge on any atom is -1.00 e. The molecule has 0 spiro atoms. The molecule has 1 saturated heterocycles. The van der Waals surface area contributed by atoms with Crippen LogP contribution in [0.15, 0.2) is 60.7 Å². The van der Waals surface area contributed by atoms with Crippen molar-refractivity contribution >= 4 is 25.6 Å². The van der Waals surface area contributed by atoms with Gasteiger partial charge in [0.05, 0.1) is 0 Å². The number of benzene rings is 2. The van der Waals surface area contributed by atoms with E-state index in [1.807, 2.05) is 13.8 Å². The van der Waals surface area contributed by atoms with Crippen LogP contribution in [-0.2, 0) is 9.47 Å². The molecule has 3 nitrogen and oxygen atoms in total. The molecule has 1 unspecified atom stereocenters. The zero-order chi connectivity index (χ0) is 18.1. The van der Waals surface area contributed by atoms with E-state index >= 15 is 0 Å². The van der Waals surface area contributed by atoms with Gasteiger partial charge in [-0.2, -0.15) is 0 Å². The van der Waals surface area contributed by atoms with Crippen LogP contribution in [-0.4, -0.2) is 49.8 Å². The summed E-state index contributed by atoms with van der Waals surface area (Å²) in [6.07, 6.45) is 2.43. The molecular formula is C22H26BrNO2Se. The van der Waals surface area contributed by atoms with E-state index in [9.17, 15) is 0 Å². The van der Waals surface area contributed by atoms with Crippen LogP contribution >= 0.6 is 0 Å². The van der Waals surface area contributed by atoms with Gasteiger partial charge in [-0.3, -0.25) is 0 Å². The normalized spacial score (nSPS) is 26.8. The molecule has 2 aromatic rings. The second-order valence-corrected chi connectivity index (χ2v) is 9.73. The standard InChI is InChI=1S/C22H26NO2Se.BrH/c1-16(17-10-6-4-7-11-17)23-14-20-21(25-22(2,3)24-20)19(23)15-26-18-12-8-5-9-13-18;/h4-14,16,19-21H,15H2,1-3H3;1H/q+1;/p-1/t16-,19?,20+,21-;/m1./s1. The monoisotopic (exact) mass is 495 g/mol. The third-order valence-electron chi connectivity index (χ3n) is 5.14. The maximum absolute atomic E-state index is 6.30. The minimum absolute atomic E-state index is 0. The Morgan fingerprint density at radius 2 is 1.63 bits per heavy atom. The number of ether oxygens (including phenoxy) is 2. The van der Waals surface area contributed by atoms with Crippen molar-refractivity contribution < 1.29 is 31.0 Å². The average molecular weight is 495 g/mol. The van der Waals surface area contributed by atoms with Crippen LogP contribution in [0.3, 0.4) is 0 Å². The van der Waals surface area contributed by atoms with Gasteiger partial charge in [-0.25, -0.2) is 0 Å². The smallest absolute Gasteiger partial charge is 1.00 e. The van der Waals surface area contributed by atoms with Gasteiger partial charge in [0.25, 0.3) is 0 Å². The fraction of sp³-hybridized carbons (Fsp3) is 0.409. The van der Waals surface area contributed by atoms with E-state index in [1.165, 1.54) is 10.0 Å². The number of hydrogen-bond donors (Lipinski definition) is 0. The van der Waals surface area contributed by atoms with Gasteiger partial charge in [0.2, 0.25) is 0 Å². The first-order valence-electron chi connectivity index (χ1n) is 9.24. The minimum atomic E-state index is -0.494. The Balaban J connectivity index is 0.00000210. The largest absolute Gasteiger partial charge is 1.00 e. The molecular weight excluding hydrogens is 469 g/mol. The summed E-state index contributed by atoms with van der Waals surface area (Å²) >= 11 is 0.416. The van der Waals surface area contributed by atoms with E-state index in [4.69, 9.17) is 9.47 Å². The van der Waals surface area contributed by atoms with Crippen molar-refractivity contribution in [2.24, 2.45) is 0 Å². The third-order valence-corrected chi connectivity index (χ3v) is 7.47. The topological polar surface area (TPSA) is 21.5 Å². The summed E-state index contributed by atoms with van der Waals surface area (Å²) in [6.45, 7) is 6.31. The Morgan fingerprint density at radius 1 is 1.00 bits per heavy atom. The predicted octanol–water partition coefficient (Wildman–Crippen LogP) is 0.185. The van der Waals surface area contributed by atoms with Crippen LogP contribution in [0.25, 0.3) is 0 Å². The van der Waals surface area contributed by atoms with Crippen LogP contribution in [0.2, 0.25) is 5.32 Å². The molecule has 2 aliphatic rings. The summed E-state index contributed by atoms with van der Waals surface area (Å²) in [6, 6.07) is 22.2. The van der Waals surface area contributed by atoms with Gasteiger partial charge in [-0.15, -0.1) is 0 Å². The van der Waals surface area contributed by atoms with Gasteiger partial charge < -0.3 is 17.0 Å². The van der Waals surface area contributed by atoms with Gasteiger partial charge in [0.15, 0.2) is 0 Å². The molecule has 2 aliphatic heterocycles. The van der Waals surface area contributed by atoms with Crippen molar-refractivity contribution in [2.75, 3.05) is 0 Å². The van der Waals surface area contributed by atoms with Crippen LogP contribution in [0.5, 0.6) is 0 Å². The molecule has 27 heavy (non-hydrogen) atoms. The molecule has 0 aromatic heterocycles. The Kier molecular flexibility index (Phi) is 6.60. The first-order valence-corrected chi connectivity index (χ1v) is 11.3. The van der Waals surface area contributed by atoms with Gasteiger partial charge in [0.1, 0.15) is 0 Å². The third kappa shape index (κ3) is 4.55. The Bertz CT molecular complexity index is 781. The summed E-state index contributed by atoms with van der Waals surface area (Å²) in [5.74, 6) is -0.494. The molecule has 4 atom stereocenters. The number of fused-ring (bicyclic) bond motifs is 1. The van der Waals surface area contributed by atoms with Crippen LogP contribution < -0.4 is 21.4 Å². The summed E-state index contributed by atoms with van der Waals surface area (Å²) in [5, 5.41) is 1.12. The average Bonchev–Trinajstić information content (AvgIpc) is 3.12. The Morgan fingerprint density at radius 3 is 2.30 bits per heavy atom. The summed E-state index contributed by atoms with van der Waals surface area (Å²) < 4.78 is 16.4. The van der Waals surface area contributed by atoms with Crippen molar-refractivity contribution in [3.05, 3.63) is 66.2 Å². The molecule has 0 bridgehead atoms. The second kappa shape index (κ2) is 8.59. The number of nitrogens with zero attached hydrogens (tertiary/aromatic N) is 1. The van der Waals surface area contributed by atoms with Crippen molar-refractivity contribution in [1.29, 1.82) is 0 Å². The molecule has 5 heteroatoms. The van der Waals surface area contributed by atoms with Gasteiger partial charge in [0, 0.05) is 0 Å². The molecule has 0 saturated carbocycles. The molecule has 4 rings (SSSR count). The first-order chi connectivity index (χ1) is 12.5. The molecule has 0 N–H and O–H groups in total. The first kappa shape index (κ1) is 20.8. The van der Waals surface area contributed by atoms with E-state index in [0.29, 0.717) is 27.0 Å². The van der Waals surface area contributed by atoms with E-state index in [1.54, 1.807) is 0 Å². The van der Waals surface area contributed by atoms with Crippen molar-refractivity contribution in [3.8, 4) is 0 Å². The second-order valence-electron chi connectivity index (χ2n) is 7.44. The van der Waals surface area contributed by atoms with E-state index in [-0.39, 0.29) is 29.2 Å². The number of hydrogen-bond acceptors (Lipinski definition) is 2. The molecule has 0 radical (unpaired) electrons. The SMILES string of the molecule is C[C@H](c1ccccc1)[N+]1=C[C@@H]2OC(C)(C)O[C@@H]2C1C[Se]c1ccccc1.[Br-]. The fourth-order valence-corrected chi connectivity index (χ4v) is 6.13. The predicted molar refractivity (Wildman–Crippen MR) is 105 cm³/mol. The molecule has 0 aliphatic carbocycles. The summed E-state index contributed by atoms with van der Waals surface area (Å²) in [4.78, 5) is 0. The quantitative estimate of drug-likeness (QED) is 0.437. The van der Waals surface area contributed by atoms with Crippen molar-refractivity contribution in [2.45, 2.75) is 56.2 Å². The zero-order valence-corrected chi connectivity index (χ0v) is 19.2. The van der Waals surface area contributed by atoms with Crippen molar-refractivity contribution in [3.63, 3.8) is 0 Å². The summed E-state index contributed by atoms with van der Waals surface area (Å²) in [5.41, 5.74) is 1.33. The maximum atomic E-state index is 6.30. The van der Waals surface area contributed by atoms with Gasteiger partial charge in [-0.05, 0) is 0 Å². The molecule has 2 heterocycles. The summed E-state index contributed by atoms with van der Waals surface area (Å²) in [7, 11) is 0. The van der Waals surface area contributed by atoms with Crippen LogP contribution in [0, 0.1) is 0 Å². The molecule has 2 aromatic carbocycles. The molecule has 0 amide bonds. The Labute approximate surface area is 178 Å². The van der Waals surface area contributed by atoms with E-state index < -0.39 is 5.79 Å². The fourth-order valence-electron chi connectivity index (χ4n) is 3.88. The van der Waals surface area contributed by atoms with Crippen LogP contribution in [0.4, 0.5) is 0 Å². The van der Waals surface area contributed by atoms with Gasteiger partial charge >= 0.3 is 162 Å². The minimum Gasteiger partial charge on any atom is -1.00 e. The van der Waals surface area contributed by atoms with E-state index in [0.717, 1.165) is 5.32 Å². The van der Waals surface area contributed by atoms with Gasteiger partial charge in [-0.1, -0.05) is 0 Å². The molecule has 1 fully saturated rings. The van der Waals surface area contributed by atoms with Crippen LogP contribution in [0.1, 0.15) is 32.4 Å². The molecule has 144 valence electrons. The Hall–Kier alpha value is -0.971. The van der Waals surface area contributed by atoms with E-state index in [2.05, 4.69) is 78.4 Å². The van der Waals surface area contributed by atoms with Crippen molar-refractivity contribution in [1.82, 2.24) is 0 Å². The number of rotatable bonds is 5.